The molecule has 0 radical (unpaired) electrons. The largest absolute Gasteiger partial charge is 0.494 e. The maximum Gasteiger partial charge on any atom is 0.226 e. The molecule has 0 spiro atoms. The fourth-order valence-corrected chi connectivity index (χ4v) is 5.41. The summed E-state index contributed by atoms with van der Waals surface area (Å²) >= 11 is 2.88. The van der Waals surface area contributed by atoms with Gasteiger partial charge in [-0.05, 0) is 68.5 Å². The van der Waals surface area contributed by atoms with Crippen LogP contribution in [0.4, 0.5) is 5.13 Å². The Kier molecular flexibility index (Phi) is 7.97. The van der Waals surface area contributed by atoms with Crippen LogP contribution in [0.5, 0.6) is 5.75 Å². The summed E-state index contributed by atoms with van der Waals surface area (Å²) < 4.78 is 5.47. The van der Waals surface area contributed by atoms with Gasteiger partial charge < -0.3 is 10.1 Å². The van der Waals surface area contributed by atoms with Crippen molar-refractivity contribution in [2.45, 2.75) is 50.5 Å². The fourth-order valence-electron chi connectivity index (χ4n) is 3.76. The first-order chi connectivity index (χ1) is 16.2. The van der Waals surface area contributed by atoms with Crippen LogP contribution in [0.3, 0.4) is 0 Å². The van der Waals surface area contributed by atoms with Gasteiger partial charge in [-0.3, -0.25) is 4.79 Å². The minimum atomic E-state index is -0.0941. The molecule has 33 heavy (non-hydrogen) atoms. The molecule has 0 atom stereocenters. The SMILES string of the molecule is CCOc1ccc(-c2csc(NC(=O)CCSc3nc4c(cc3C#N)CCCCC4)n2)cc1. The molecule has 4 rings (SSSR count). The van der Waals surface area contributed by atoms with Gasteiger partial charge in [0.05, 0.1) is 17.9 Å². The van der Waals surface area contributed by atoms with E-state index in [1.165, 1.54) is 35.1 Å². The summed E-state index contributed by atoms with van der Waals surface area (Å²) in [5, 5.41) is 15.7. The predicted octanol–water partition coefficient (Wildman–Crippen LogP) is 5.87. The van der Waals surface area contributed by atoms with E-state index in [4.69, 9.17) is 9.72 Å². The van der Waals surface area contributed by atoms with Crippen molar-refractivity contribution in [1.29, 1.82) is 5.26 Å². The maximum atomic E-state index is 12.4. The average Bonchev–Trinajstić information content (AvgIpc) is 3.16. The van der Waals surface area contributed by atoms with Crippen molar-refractivity contribution < 1.29 is 9.53 Å². The van der Waals surface area contributed by atoms with Gasteiger partial charge in [0.25, 0.3) is 0 Å². The van der Waals surface area contributed by atoms with Crippen molar-refractivity contribution in [1.82, 2.24) is 9.97 Å². The number of amides is 1. The Morgan fingerprint density at radius 2 is 2.03 bits per heavy atom. The van der Waals surface area contributed by atoms with Crippen molar-refractivity contribution in [2.24, 2.45) is 0 Å². The van der Waals surface area contributed by atoms with E-state index in [0.29, 0.717) is 29.5 Å². The Balaban J connectivity index is 1.31. The number of nitrogens with zero attached hydrogens (tertiary/aromatic N) is 3. The van der Waals surface area contributed by atoms with E-state index in [0.717, 1.165) is 53.4 Å². The summed E-state index contributed by atoms with van der Waals surface area (Å²) in [5.41, 5.74) is 4.73. The second kappa shape index (κ2) is 11.3. The number of thiazole rings is 1. The number of aromatic nitrogens is 2. The zero-order valence-electron chi connectivity index (χ0n) is 18.6. The van der Waals surface area contributed by atoms with Crippen molar-refractivity contribution in [3.63, 3.8) is 0 Å². The van der Waals surface area contributed by atoms with Crippen molar-refractivity contribution in [3.05, 3.63) is 52.5 Å². The third kappa shape index (κ3) is 6.12. The lowest BCUT2D eigenvalue weighted by Crippen LogP contribution is -2.12. The van der Waals surface area contributed by atoms with E-state index in [9.17, 15) is 10.1 Å². The summed E-state index contributed by atoms with van der Waals surface area (Å²) in [6.45, 7) is 2.58. The van der Waals surface area contributed by atoms with Gasteiger partial charge in [0, 0.05) is 28.8 Å². The van der Waals surface area contributed by atoms with Crippen LogP contribution < -0.4 is 10.1 Å². The number of aryl methyl sites for hydroxylation is 2. The molecule has 6 nitrogen and oxygen atoms in total. The number of benzene rings is 1. The van der Waals surface area contributed by atoms with Crippen LogP contribution in [-0.2, 0) is 17.6 Å². The zero-order valence-corrected chi connectivity index (χ0v) is 20.2. The zero-order chi connectivity index (χ0) is 23.0. The first-order valence-corrected chi connectivity index (χ1v) is 13.1. The average molecular weight is 479 g/mol. The lowest BCUT2D eigenvalue weighted by atomic mass is 10.1. The van der Waals surface area contributed by atoms with Crippen molar-refractivity contribution in [2.75, 3.05) is 17.7 Å². The summed E-state index contributed by atoms with van der Waals surface area (Å²) in [6, 6.07) is 12.0. The van der Waals surface area contributed by atoms with Crippen LogP contribution in [0.2, 0.25) is 0 Å². The molecule has 0 fully saturated rings. The van der Waals surface area contributed by atoms with E-state index in [2.05, 4.69) is 16.4 Å². The fraction of sp³-hybridized carbons (Fsp3) is 0.360. The maximum absolute atomic E-state index is 12.4. The molecular weight excluding hydrogens is 452 g/mol. The molecule has 1 aliphatic carbocycles. The van der Waals surface area contributed by atoms with Gasteiger partial charge in [0.1, 0.15) is 16.8 Å². The number of pyridine rings is 1. The molecule has 0 unspecified atom stereocenters. The Hall–Kier alpha value is -2.89. The van der Waals surface area contributed by atoms with Gasteiger partial charge in [0.2, 0.25) is 5.91 Å². The molecule has 3 aromatic rings. The van der Waals surface area contributed by atoms with Crippen LogP contribution in [0, 0.1) is 11.3 Å². The molecule has 0 bridgehead atoms. The highest BCUT2D eigenvalue weighted by molar-refractivity contribution is 7.99. The van der Waals surface area contributed by atoms with Crippen LogP contribution in [0.25, 0.3) is 11.3 Å². The van der Waals surface area contributed by atoms with E-state index in [1.54, 1.807) is 0 Å². The molecule has 0 aliphatic heterocycles. The van der Waals surface area contributed by atoms with Gasteiger partial charge in [-0.1, -0.05) is 6.42 Å². The number of nitrogens with one attached hydrogen (secondary N) is 1. The molecular formula is C25H26N4O2S2. The number of anilines is 1. The van der Waals surface area contributed by atoms with Crippen LogP contribution >= 0.6 is 23.1 Å². The van der Waals surface area contributed by atoms with E-state index < -0.39 is 0 Å². The van der Waals surface area contributed by atoms with Crippen LogP contribution in [0.1, 0.15) is 49.4 Å². The Morgan fingerprint density at radius 1 is 1.21 bits per heavy atom. The number of rotatable bonds is 8. The molecule has 0 saturated heterocycles. The molecule has 2 aromatic heterocycles. The normalized spacial score (nSPS) is 13.0. The standard InChI is InChI=1S/C25H26N4O2S2/c1-2-31-20-10-8-17(9-11-20)22-16-33-25(28-22)29-23(30)12-13-32-24-19(15-26)14-18-6-4-3-5-7-21(18)27-24/h8-11,14,16H,2-7,12-13H2,1H3,(H,28,29,30). The first-order valence-electron chi connectivity index (χ1n) is 11.2. The van der Waals surface area contributed by atoms with Crippen LogP contribution in [0.15, 0.2) is 40.7 Å². The Morgan fingerprint density at radius 3 is 2.82 bits per heavy atom. The van der Waals surface area contributed by atoms with E-state index >= 15 is 0 Å². The summed E-state index contributed by atoms with van der Waals surface area (Å²) in [6.07, 6.45) is 5.80. The number of thioether (sulfide) groups is 1. The van der Waals surface area contributed by atoms with E-state index in [-0.39, 0.29) is 5.91 Å². The predicted molar refractivity (Wildman–Crippen MR) is 133 cm³/mol. The van der Waals surface area contributed by atoms with Gasteiger partial charge in [-0.25, -0.2) is 9.97 Å². The van der Waals surface area contributed by atoms with Gasteiger partial charge in [-0.2, -0.15) is 5.26 Å². The quantitative estimate of drug-likeness (QED) is 0.322. The van der Waals surface area contributed by atoms with Gasteiger partial charge in [0.15, 0.2) is 5.13 Å². The summed E-state index contributed by atoms with van der Waals surface area (Å²) in [7, 11) is 0. The number of nitriles is 1. The Labute approximate surface area is 202 Å². The van der Waals surface area contributed by atoms with E-state index in [1.807, 2.05) is 42.6 Å². The van der Waals surface area contributed by atoms with Crippen LogP contribution in [-0.4, -0.2) is 28.2 Å². The lowest BCUT2D eigenvalue weighted by molar-refractivity contribution is -0.115. The topological polar surface area (TPSA) is 87.9 Å². The van der Waals surface area contributed by atoms with Gasteiger partial charge in [-0.15, -0.1) is 23.1 Å². The number of hydrogen-bond donors (Lipinski definition) is 1. The van der Waals surface area contributed by atoms with Crippen molar-refractivity contribution >= 4 is 34.1 Å². The molecule has 8 heteroatoms. The number of fused-ring (bicyclic) bond motifs is 1. The van der Waals surface area contributed by atoms with Crippen molar-refractivity contribution in [3.8, 4) is 23.1 Å². The molecule has 170 valence electrons. The molecule has 1 aromatic carbocycles. The van der Waals surface area contributed by atoms with Gasteiger partial charge >= 0.3 is 0 Å². The molecule has 2 heterocycles. The monoisotopic (exact) mass is 478 g/mol. The smallest absolute Gasteiger partial charge is 0.226 e. The highest BCUT2D eigenvalue weighted by atomic mass is 32.2. The second-order valence-electron chi connectivity index (χ2n) is 7.76. The molecule has 1 N–H and O–H groups in total. The minimum Gasteiger partial charge on any atom is -0.494 e. The summed E-state index contributed by atoms with van der Waals surface area (Å²) in [5.74, 6) is 1.29. The number of carbonyl (C=O) groups excluding carboxylic acids is 1. The first kappa shape index (κ1) is 23.3. The third-order valence-electron chi connectivity index (χ3n) is 5.42. The highest BCUT2D eigenvalue weighted by Gasteiger charge is 2.15. The summed E-state index contributed by atoms with van der Waals surface area (Å²) in [4.78, 5) is 21.7. The minimum absolute atomic E-state index is 0.0941. The molecule has 1 amide bonds. The highest BCUT2D eigenvalue weighted by Crippen LogP contribution is 2.29. The molecule has 1 aliphatic rings. The Bertz CT molecular complexity index is 1150. The number of ether oxygens (including phenoxy) is 1. The third-order valence-corrected chi connectivity index (χ3v) is 7.17. The molecule has 0 saturated carbocycles. The lowest BCUT2D eigenvalue weighted by Gasteiger charge is -2.09. The number of carbonyl (C=O) groups is 1. The number of hydrogen-bond acceptors (Lipinski definition) is 7. The second-order valence-corrected chi connectivity index (χ2v) is 9.70.